The minimum absolute atomic E-state index is 0. The van der Waals surface area contributed by atoms with E-state index in [1.165, 1.54) is 12.8 Å². The number of rotatable bonds is 0. The van der Waals surface area contributed by atoms with E-state index in [0.29, 0.717) is 0 Å². The van der Waals surface area contributed by atoms with Crippen LogP contribution in [0.3, 0.4) is 0 Å². The molecule has 0 atom stereocenters. The zero-order valence-corrected chi connectivity index (χ0v) is 7.88. The second kappa shape index (κ2) is 14.4. The molecule has 1 aliphatic rings. The Bertz CT molecular complexity index is 123. The molecule has 14 heavy (non-hydrogen) atoms. The van der Waals surface area contributed by atoms with Crippen molar-refractivity contribution in [2.24, 2.45) is 0 Å². The van der Waals surface area contributed by atoms with Gasteiger partial charge in [-0.2, -0.15) is 0 Å². The number of hydrogen-bond acceptors (Lipinski definition) is 7. The Labute approximate surface area is 88.8 Å². The van der Waals surface area contributed by atoms with Crippen LogP contribution in [0.15, 0.2) is 0 Å². The first-order valence-corrected chi connectivity index (χ1v) is 3.17. The van der Waals surface area contributed by atoms with Crippen LogP contribution in [0.25, 0.3) is 0 Å². The zero-order valence-electron chi connectivity index (χ0n) is 6.90. The molecule has 9 nitrogen and oxygen atoms in total. The smallest absolute Gasteiger partial charge is 0.381 e. The van der Waals surface area contributed by atoms with Crippen LogP contribution < -0.4 is 0 Å². The molecule has 0 aromatic rings. The molecular formula is C4H8N2NiO7. The second-order valence-corrected chi connectivity index (χ2v) is 1.77. The van der Waals surface area contributed by atoms with Crippen LogP contribution in [0, 0.1) is 30.6 Å². The summed E-state index contributed by atoms with van der Waals surface area (Å²) in [6.45, 7) is 2.00. The third kappa shape index (κ3) is 71.0. The molecule has 0 radical (unpaired) electrons. The third-order valence-electron chi connectivity index (χ3n) is 0.827. The molecule has 86 valence electrons. The van der Waals surface area contributed by atoms with Gasteiger partial charge in [0.2, 0.25) is 0 Å². The summed E-state index contributed by atoms with van der Waals surface area (Å²) in [6, 6.07) is 0. The molecule has 0 saturated carbocycles. The summed E-state index contributed by atoms with van der Waals surface area (Å²) < 4.78 is 4.94. The summed E-state index contributed by atoms with van der Waals surface area (Å²) >= 11 is 0. The summed E-state index contributed by atoms with van der Waals surface area (Å²) in [5.41, 5.74) is 0. The Hall–Kier alpha value is -1.15. The van der Waals surface area contributed by atoms with Crippen LogP contribution in [-0.2, 0) is 21.2 Å². The van der Waals surface area contributed by atoms with E-state index in [0.717, 1.165) is 13.2 Å². The predicted octanol–water partition coefficient (Wildman–Crippen LogP) is 0.316. The fourth-order valence-corrected chi connectivity index (χ4v) is 0.510. The maximum absolute atomic E-state index is 8.25. The fourth-order valence-electron chi connectivity index (χ4n) is 0.510. The van der Waals surface area contributed by atoms with Crippen molar-refractivity contribution in [3.8, 4) is 0 Å². The summed E-state index contributed by atoms with van der Waals surface area (Å²) in [5.74, 6) is 0. The third-order valence-corrected chi connectivity index (χ3v) is 0.827. The first-order chi connectivity index (χ1) is 5.96. The van der Waals surface area contributed by atoms with Gasteiger partial charge in [-0.1, -0.05) is 0 Å². The van der Waals surface area contributed by atoms with E-state index < -0.39 is 10.2 Å². The van der Waals surface area contributed by atoms with Gasteiger partial charge in [0.15, 0.2) is 0 Å². The van der Waals surface area contributed by atoms with E-state index in [-0.39, 0.29) is 16.5 Å². The van der Waals surface area contributed by atoms with E-state index in [1.807, 2.05) is 0 Å². The first kappa shape index (κ1) is 18.6. The molecule has 0 bridgehead atoms. The van der Waals surface area contributed by atoms with Gasteiger partial charge >= 0.3 is 16.5 Å². The Morgan fingerprint density at radius 3 is 1.14 bits per heavy atom. The molecule has 0 spiro atoms. The molecule has 1 aliphatic heterocycles. The Morgan fingerprint density at radius 2 is 1.07 bits per heavy atom. The van der Waals surface area contributed by atoms with Gasteiger partial charge in [0, 0.05) is 13.2 Å². The molecule has 0 aromatic heterocycles. The molecule has 0 aliphatic carbocycles. The summed E-state index contributed by atoms with van der Waals surface area (Å²) in [6.07, 6.45) is 2.56. The van der Waals surface area contributed by atoms with Gasteiger partial charge in [0.05, 0.1) is 10.2 Å². The molecule has 0 aromatic carbocycles. The Kier molecular flexibility index (Phi) is 19.1. The molecule has 1 saturated heterocycles. The molecule has 1 rings (SSSR count). The first-order valence-electron chi connectivity index (χ1n) is 3.17. The van der Waals surface area contributed by atoms with Gasteiger partial charge in [-0.3, -0.25) is 0 Å². The van der Waals surface area contributed by atoms with Gasteiger partial charge in [0.1, 0.15) is 0 Å². The van der Waals surface area contributed by atoms with Crippen molar-refractivity contribution >= 4 is 0 Å². The van der Waals surface area contributed by atoms with Crippen molar-refractivity contribution in [1.29, 1.82) is 0 Å². The van der Waals surface area contributed by atoms with E-state index in [1.54, 1.807) is 0 Å². The fraction of sp³-hybridized carbons (Fsp3) is 1.00. The van der Waals surface area contributed by atoms with E-state index >= 15 is 0 Å². The standard InChI is InChI=1S/C4H8O.2NO3.Ni/c1-2-4-5-3-1;2*2-1(3)4;/h1-4H2;;;/q;2*-1;+2. The average Bonchev–Trinajstić information content (AvgIpc) is 2.35. The van der Waals surface area contributed by atoms with Gasteiger partial charge in [-0.05, 0) is 12.8 Å². The largest absolute Gasteiger partial charge is 2.00 e. The quantitative estimate of drug-likeness (QED) is 0.344. The van der Waals surface area contributed by atoms with E-state index in [9.17, 15) is 0 Å². The maximum atomic E-state index is 8.25. The average molecular weight is 255 g/mol. The molecule has 1 heterocycles. The van der Waals surface area contributed by atoms with Crippen LogP contribution >= 0.6 is 0 Å². The van der Waals surface area contributed by atoms with Crippen molar-refractivity contribution in [2.45, 2.75) is 12.8 Å². The van der Waals surface area contributed by atoms with Crippen LogP contribution in [0.1, 0.15) is 12.8 Å². The van der Waals surface area contributed by atoms with Gasteiger partial charge in [-0.15, -0.1) is 0 Å². The summed E-state index contributed by atoms with van der Waals surface area (Å²) in [7, 11) is 0. The van der Waals surface area contributed by atoms with E-state index in [4.69, 9.17) is 35.4 Å². The van der Waals surface area contributed by atoms with Gasteiger partial charge < -0.3 is 35.4 Å². The molecule has 0 amide bonds. The molecule has 0 N–H and O–H groups in total. The van der Waals surface area contributed by atoms with Crippen molar-refractivity contribution in [3.05, 3.63) is 30.6 Å². The topological polar surface area (TPSA) is 142 Å². The Morgan fingerprint density at radius 1 is 0.857 bits per heavy atom. The zero-order chi connectivity index (χ0) is 10.7. The molecule has 0 unspecified atom stereocenters. The molecular weight excluding hydrogens is 247 g/mol. The second-order valence-electron chi connectivity index (χ2n) is 1.77. The van der Waals surface area contributed by atoms with Gasteiger partial charge in [0.25, 0.3) is 0 Å². The van der Waals surface area contributed by atoms with Crippen molar-refractivity contribution in [1.82, 2.24) is 0 Å². The molecule has 10 heteroatoms. The van der Waals surface area contributed by atoms with Crippen LogP contribution in [0.4, 0.5) is 0 Å². The van der Waals surface area contributed by atoms with Crippen molar-refractivity contribution in [3.63, 3.8) is 0 Å². The van der Waals surface area contributed by atoms with Gasteiger partial charge in [-0.25, -0.2) is 0 Å². The minimum Gasteiger partial charge on any atom is -0.381 e. The monoisotopic (exact) mass is 254 g/mol. The normalized spacial score (nSPS) is 12.0. The Balaban J connectivity index is -0.000000127. The van der Waals surface area contributed by atoms with Crippen molar-refractivity contribution in [2.75, 3.05) is 13.2 Å². The SMILES string of the molecule is C1CCOC1.O=[N+]([O-])[O-].O=[N+]([O-])[O-].[Ni+2]. The number of nitrogens with zero attached hydrogens (tertiary/aromatic N) is 2. The number of hydrogen-bond donors (Lipinski definition) is 0. The predicted molar refractivity (Wildman–Crippen MR) is 40.8 cm³/mol. The minimum atomic E-state index is -1.75. The molecule has 1 fully saturated rings. The summed E-state index contributed by atoms with van der Waals surface area (Å²) in [4.78, 5) is 16.5. The van der Waals surface area contributed by atoms with E-state index in [2.05, 4.69) is 0 Å². The summed E-state index contributed by atoms with van der Waals surface area (Å²) in [5, 5.41) is 29.5. The van der Waals surface area contributed by atoms with Crippen LogP contribution in [-0.4, -0.2) is 23.4 Å². The van der Waals surface area contributed by atoms with Crippen LogP contribution in [0.5, 0.6) is 0 Å². The van der Waals surface area contributed by atoms with Crippen molar-refractivity contribution < 1.29 is 31.4 Å². The maximum Gasteiger partial charge on any atom is 2.00 e. The van der Waals surface area contributed by atoms with Crippen LogP contribution in [0.2, 0.25) is 0 Å². The number of ether oxygens (including phenoxy) is 1.